The summed E-state index contributed by atoms with van der Waals surface area (Å²) in [6, 6.07) is 8.66. The van der Waals surface area contributed by atoms with Crippen molar-refractivity contribution in [1.82, 2.24) is 15.0 Å². The van der Waals surface area contributed by atoms with Gasteiger partial charge in [0.1, 0.15) is 11.6 Å². The van der Waals surface area contributed by atoms with E-state index in [2.05, 4.69) is 25.6 Å². The summed E-state index contributed by atoms with van der Waals surface area (Å²) in [5.41, 5.74) is 2.18. The third-order valence-corrected chi connectivity index (χ3v) is 7.08. The molecule has 0 radical (unpaired) electrons. The van der Waals surface area contributed by atoms with Gasteiger partial charge in [0.15, 0.2) is 14.9 Å². The standard InChI is InChI=1S/C26H31N5O5S/c1-16(32)29-23-13-22(20(15-28-23)21-6-5-19(14-27-21)26(2,3)33)30-24-11-18(17-7-9-36-10-8-17)12-25(31-24)37(4,34)35/h5-6,11-15,17,33H,7-10H2,1-4H3,(H2,28,29,30,31,32). The Hall–Kier alpha value is -3.41. The van der Waals surface area contributed by atoms with Gasteiger partial charge in [-0.2, -0.15) is 0 Å². The average molecular weight is 526 g/mol. The van der Waals surface area contributed by atoms with Crippen LogP contribution >= 0.6 is 0 Å². The SMILES string of the molecule is CC(=O)Nc1cc(Nc2cc(C3CCOCC3)cc(S(C)(=O)=O)n2)c(-c2ccc(C(C)(C)O)cn2)cn1. The highest BCUT2D eigenvalue weighted by molar-refractivity contribution is 7.90. The van der Waals surface area contributed by atoms with E-state index in [-0.39, 0.29) is 16.9 Å². The van der Waals surface area contributed by atoms with Crippen molar-refractivity contribution < 1.29 is 23.1 Å². The zero-order valence-electron chi connectivity index (χ0n) is 21.3. The van der Waals surface area contributed by atoms with Gasteiger partial charge in [-0.1, -0.05) is 6.07 Å². The molecule has 196 valence electrons. The van der Waals surface area contributed by atoms with E-state index in [4.69, 9.17) is 4.74 Å². The number of aliphatic hydroxyl groups is 1. The summed E-state index contributed by atoms with van der Waals surface area (Å²) in [7, 11) is -3.57. The van der Waals surface area contributed by atoms with Crippen LogP contribution in [0.3, 0.4) is 0 Å². The van der Waals surface area contributed by atoms with E-state index >= 15 is 0 Å². The zero-order valence-corrected chi connectivity index (χ0v) is 22.1. The third kappa shape index (κ3) is 6.68. The Balaban J connectivity index is 1.79. The molecule has 0 aromatic carbocycles. The number of sulfone groups is 1. The predicted octanol–water partition coefficient (Wildman–Crippen LogP) is 3.77. The predicted molar refractivity (Wildman–Crippen MR) is 140 cm³/mol. The molecular formula is C26H31N5O5S. The van der Waals surface area contributed by atoms with Crippen molar-refractivity contribution >= 4 is 33.1 Å². The lowest BCUT2D eigenvalue weighted by molar-refractivity contribution is -0.114. The molecule has 1 amide bonds. The van der Waals surface area contributed by atoms with E-state index in [0.717, 1.165) is 24.7 Å². The summed E-state index contributed by atoms with van der Waals surface area (Å²) < 4.78 is 30.4. The van der Waals surface area contributed by atoms with Crippen LogP contribution in [0.15, 0.2) is 47.8 Å². The molecule has 0 saturated carbocycles. The molecule has 1 saturated heterocycles. The van der Waals surface area contributed by atoms with Crippen molar-refractivity contribution in [2.45, 2.75) is 50.2 Å². The number of anilines is 3. The molecule has 1 aliphatic rings. The van der Waals surface area contributed by atoms with Gasteiger partial charge >= 0.3 is 0 Å². The second-order valence-corrected chi connectivity index (χ2v) is 11.7. The van der Waals surface area contributed by atoms with Crippen molar-refractivity contribution in [3.05, 3.63) is 53.9 Å². The highest BCUT2D eigenvalue weighted by Gasteiger charge is 2.22. The number of hydrogen-bond acceptors (Lipinski definition) is 9. The first-order valence-electron chi connectivity index (χ1n) is 11.9. The van der Waals surface area contributed by atoms with Crippen molar-refractivity contribution in [2.75, 3.05) is 30.1 Å². The van der Waals surface area contributed by atoms with E-state index in [1.807, 2.05) is 6.07 Å². The monoisotopic (exact) mass is 525 g/mol. The van der Waals surface area contributed by atoms with Gasteiger partial charge in [0.25, 0.3) is 0 Å². The minimum atomic E-state index is -3.57. The van der Waals surface area contributed by atoms with Crippen molar-refractivity contribution in [2.24, 2.45) is 0 Å². The number of nitrogens with zero attached hydrogens (tertiary/aromatic N) is 3. The minimum Gasteiger partial charge on any atom is -0.386 e. The highest BCUT2D eigenvalue weighted by Crippen LogP contribution is 2.34. The fourth-order valence-electron chi connectivity index (χ4n) is 4.11. The molecule has 0 bridgehead atoms. The lowest BCUT2D eigenvalue weighted by Crippen LogP contribution is -2.16. The Morgan fingerprint density at radius 2 is 1.81 bits per heavy atom. The summed E-state index contributed by atoms with van der Waals surface area (Å²) >= 11 is 0. The van der Waals surface area contributed by atoms with Crippen LogP contribution in [0.4, 0.5) is 17.3 Å². The van der Waals surface area contributed by atoms with E-state index in [1.54, 1.807) is 50.5 Å². The highest BCUT2D eigenvalue weighted by atomic mass is 32.2. The Kier molecular flexibility index (Phi) is 7.58. The van der Waals surface area contributed by atoms with Crippen LogP contribution in [0, 0.1) is 0 Å². The first-order valence-corrected chi connectivity index (χ1v) is 13.8. The van der Waals surface area contributed by atoms with Gasteiger partial charge in [-0.25, -0.2) is 18.4 Å². The van der Waals surface area contributed by atoms with Crippen LogP contribution in [-0.4, -0.2) is 53.9 Å². The van der Waals surface area contributed by atoms with E-state index < -0.39 is 15.4 Å². The molecule has 37 heavy (non-hydrogen) atoms. The lowest BCUT2D eigenvalue weighted by Gasteiger charge is -2.23. The number of amides is 1. The summed E-state index contributed by atoms with van der Waals surface area (Å²) in [5.74, 6) is 0.535. The zero-order chi connectivity index (χ0) is 26.8. The minimum absolute atomic E-state index is 0.0238. The number of nitrogens with one attached hydrogen (secondary N) is 2. The second kappa shape index (κ2) is 10.5. The number of pyridine rings is 3. The van der Waals surface area contributed by atoms with Crippen LogP contribution in [0.5, 0.6) is 0 Å². The number of ether oxygens (including phenoxy) is 1. The van der Waals surface area contributed by atoms with Crippen molar-refractivity contribution in [1.29, 1.82) is 0 Å². The fraction of sp³-hybridized carbons (Fsp3) is 0.385. The number of carbonyl (C=O) groups is 1. The molecule has 0 atom stereocenters. The number of carbonyl (C=O) groups excluding carboxylic acids is 1. The van der Waals surface area contributed by atoms with Crippen molar-refractivity contribution in [3.8, 4) is 11.3 Å². The smallest absolute Gasteiger partial charge is 0.222 e. The Labute approximate surface area is 216 Å². The molecule has 0 unspecified atom stereocenters. The van der Waals surface area contributed by atoms with Gasteiger partial charge in [0.05, 0.1) is 17.0 Å². The van der Waals surface area contributed by atoms with Crippen LogP contribution in [-0.2, 0) is 25.0 Å². The first kappa shape index (κ1) is 26.6. The van der Waals surface area contributed by atoms with Gasteiger partial charge in [0, 0.05) is 56.0 Å². The summed E-state index contributed by atoms with van der Waals surface area (Å²) in [6.45, 7) is 5.97. The van der Waals surface area contributed by atoms with E-state index in [9.17, 15) is 18.3 Å². The third-order valence-electron chi connectivity index (χ3n) is 6.11. The summed E-state index contributed by atoms with van der Waals surface area (Å²) in [5, 5.41) is 16.1. The van der Waals surface area contributed by atoms with Gasteiger partial charge in [-0.15, -0.1) is 0 Å². The maximum Gasteiger partial charge on any atom is 0.222 e. The number of rotatable bonds is 7. The fourth-order valence-corrected chi connectivity index (χ4v) is 4.72. The molecular weight excluding hydrogens is 494 g/mol. The molecule has 1 fully saturated rings. The molecule has 3 aromatic rings. The van der Waals surface area contributed by atoms with Crippen LogP contribution in [0.25, 0.3) is 11.3 Å². The molecule has 3 aromatic heterocycles. The molecule has 11 heteroatoms. The summed E-state index contributed by atoms with van der Waals surface area (Å²) in [6.07, 6.45) is 5.87. The quantitative estimate of drug-likeness (QED) is 0.420. The maximum atomic E-state index is 12.4. The topological polar surface area (TPSA) is 143 Å². The Morgan fingerprint density at radius 1 is 1.08 bits per heavy atom. The van der Waals surface area contributed by atoms with Crippen LogP contribution < -0.4 is 10.6 Å². The van der Waals surface area contributed by atoms with Crippen LogP contribution in [0.1, 0.15) is 50.7 Å². The molecule has 0 aliphatic carbocycles. The average Bonchev–Trinajstić information content (AvgIpc) is 2.83. The summed E-state index contributed by atoms with van der Waals surface area (Å²) in [4.78, 5) is 24.8. The van der Waals surface area contributed by atoms with Crippen molar-refractivity contribution in [3.63, 3.8) is 0 Å². The number of aromatic nitrogens is 3. The molecule has 10 nitrogen and oxygen atoms in total. The second-order valence-electron chi connectivity index (χ2n) is 9.70. The van der Waals surface area contributed by atoms with Gasteiger partial charge in [-0.05, 0) is 56.4 Å². The first-order chi connectivity index (χ1) is 17.4. The molecule has 1 aliphatic heterocycles. The molecule has 4 rings (SSSR count). The van der Waals surface area contributed by atoms with Gasteiger partial charge < -0.3 is 20.5 Å². The normalized spacial score (nSPS) is 14.8. The number of hydrogen-bond donors (Lipinski definition) is 3. The molecule has 0 spiro atoms. The van der Waals surface area contributed by atoms with E-state index in [1.165, 1.54) is 6.92 Å². The Bertz CT molecular complexity index is 1400. The van der Waals surface area contributed by atoms with Crippen LogP contribution in [0.2, 0.25) is 0 Å². The Morgan fingerprint density at radius 3 is 2.41 bits per heavy atom. The molecule has 4 heterocycles. The molecule has 3 N–H and O–H groups in total. The van der Waals surface area contributed by atoms with Gasteiger partial charge in [-0.3, -0.25) is 9.78 Å². The van der Waals surface area contributed by atoms with Gasteiger partial charge in [0.2, 0.25) is 5.91 Å². The lowest BCUT2D eigenvalue weighted by atomic mass is 9.92. The maximum absolute atomic E-state index is 12.4. The largest absolute Gasteiger partial charge is 0.386 e. The van der Waals surface area contributed by atoms with E-state index in [0.29, 0.717) is 47.4 Å².